The van der Waals surface area contributed by atoms with Crippen molar-refractivity contribution in [2.75, 3.05) is 12.4 Å². The van der Waals surface area contributed by atoms with Gasteiger partial charge in [-0.3, -0.25) is 4.79 Å². The molecule has 9 heteroatoms. The number of alkyl halides is 4. The highest BCUT2D eigenvalue weighted by Crippen LogP contribution is 2.37. The predicted octanol–water partition coefficient (Wildman–Crippen LogP) is 3.81. The Morgan fingerprint density at radius 1 is 1.21 bits per heavy atom. The Kier molecular flexibility index (Phi) is 4.65. The smallest absolute Gasteiger partial charge is 0.335 e. The van der Waals surface area contributed by atoms with Crippen molar-refractivity contribution in [3.05, 3.63) is 28.2 Å². The Bertz CT molecular complexity index is 475. The van der Waals surface area contributed by atoms with E-state index in [4.69, 9.17) is 23.2 Å². The maximum atomic E-state index is 13.5. The SMILES string of the molecule is CO[C@](F)(C(=O)Nc1c(Cl)cccc1Cl)C(F)(F)F. The molecule has 0 saturated heterocycles. The number of hydrogen-bond acceptors (Lipinski definition) is 2. The van der Waals surface area contributed by atoms with Gasteiger partial charge in [0, 0.05) is 7.11 Å². The largest absolute Gasteiger partial charge is 0.458 e. The summed E-state index contributed by atoms with van der Waals surface area (Å²) >= 11 is 11.3. The molecule has 1 rings (SSSR count). The quantitative estimate of drug-likeness (QED) is 0.860. The van der Waals surface area contributed by atoms with Gasteiger partial charge in [-0.2, -0.15) is 17.6 Å². The van der Waals surface area contributed by atoms with Gasteiger partial charge in [0.25, 0.3) is 5.91 Å². The zero-order valence-electron chi connectivity index (χ0n) is 9.32. The number of carbonyl (C=O) groups excluding carboxylic acids is 1. The lowest BCUT2D eigenvalue weighted by molar-refractivity contribution is -0.305. The van der Waals surface area contributed by atoms with Gasteiger partial charge in [-0.15, -0.1) is 0 Å². The zero-order valence-corrected chi connectivity index (χ0v) is 10.8. The molecule has 1 amide bonds. The number of halogens is 6. The molecule has 1 aromatic carbocycles. The van der Waals surface area contributed by atoms with Gasteiger partial charge in [0.15, 0.2) is 0 Å². The second-order valence-electron chi connectivity index (χ2n) is 3.35. The summed E-state index contributed by atoms with van der Waals surface area (Å²) in [5.41, 5.74) is -0.334. The second-order valence-corrected chi connectivity index (χ2v) is 4.16. The molecule has 19 heavy (non-hydrogen) atoms. The lowest BCUT2D eigenvalue weighted by Crippen LogP contribution is -2.52. The van der Waals surface area contributed by atoms with E-state index in [2.05, 4.69) is 4.74 Å². The van der Waals surface area contributed by atoms with Crippen LogP contribution in [0, 0.1) is 0 Å². The fourth-order valence-corrected chi connectivity index (χ4v) is 1.64. The normalized spacial score (nSPS) is 14.9. The maximum Gasteiger partial charge on any atom is 0.458 e. The lowest BCUT2D eigenvalue weighted by atomic mass is 10.2. The second kappa shape index (κ2) is 5.52. The molecule has 106 valence electrons. The van der Waals surface area contributed by atoms with Crippen molar-refractivity contribution in [2.24, 2.45) is 0 Å². The van der Waals surface area contributed by atoms with Crippen LogP contribution >= 0.6 is 23.2 Å². The molecular weight excluding hydrogens is 313 g/mol. The number of ether oxygens (including phenoxy) is 1. The molecule has 1 aromatic rings. The molecule has 0 aromatic heterocycles. The van der Waals surface area contributed by atoms with Crippen LogP contribution in [0.2, 0.25) is 10.0 Å². The Morgan fingerprint density at radius 2 is 1.68 bits per heavy atom. The molecule has 0 aliphatic carbocycles. The van der Waals surface area contributed by atoms with Crippen molar-refractivity contribution < 1.29 is 27.1 Å². The van der Waals surface area contributed by atoms with Crippen molar-refractivity contribution >= 4 is 34.8 Å². The van der Waals surface area contributed by atoms with E-state index < -0.39 is 17.9 Å². The molecule has 3 nitrogen and oxygen atoms in total. The van der Waals surface area contributed by atoms with Crippen LogP contribution in [-0.4, -0.2) is 25.0 Å². The number of amides is 1. The fourth-order valence-electron chi connectivity index (χ4n) is 1.15. The number of benzene rings is 1. The summed E-state index contributed by atoms with van der Waals surface area (Å²) in [5, 5.41) is 1.38. The summed E-state index contributed by atoms with van der Waals surface area (Å²) in [6, 6.07) is 3.94. The predicted molar refractivity (Wildman–Crippen MR) is 62.0 cm³/mol. The molecule has 0 fully saturated rings. The van der Waals surface area contributed by atoms with E-state index in [1.165, 1.54) is 18.2 Å². The van der Waals surface area contributed by atoms with E-state index in [0.29, 0.717) is 7.11 Å². The topological polar surface area (TPSA) is 38.3 Å². The van der Waals surface area contributed by atoms with Crippen molar-refractivity contribution in [3.63, 3.8) is 0 Å². The van der Waals surface area contributed by atoms with Crippen LogP contribution in [0.4, 0.5) is 23.2 Å². The number of methoxy groups -OCH3 is 1. The van der Waals surface area contributed by atoms with Crippen LogP contribution in [-0.2, 0) is 9.53 Å². The van der Waals surface area contributed by atoms with E-state index in [0.717, 1.165) is 0 Å². The number of hydrogen-bond donors (Lipinski definition) is 1. The molecule has 0 aliphatic rings. The monoisotopic (exact) mass is 319 g/mol. The molecule has 0 aliphatic heterocycles. The number of para-hydroxylation sites is 1. The molecule has 0 spiro atoms. The van der Waals surface area contributed by atoms with Gasteiger partial charge in [-0.25, -0.2) is 0 Å². The molecule has 1 atom stereocenters. The van der Waals surface area contributed by atoms with Crippen LogP contribution < -0.4 is 5.32 Å². The van der Waals surface area contributed by atoms with Crippen LogP contribution in [0.25, 0.3) is 0 Å². The molecule has 1 N–H and O–H groups in total. The highest BCUT2D eigenvalue weighted by molar-refractivity contribution is 6.39. The first-order chi connectivity index (χ1) is 8.63. The van der Waals surface area contributed by atoms with Crippen molar-refractivity contribution in [1.82, 2.24) is 0 Å². The summed E-state index contributed by atoms with van der Waals surface area (Å²) in [6.07, 6.45) is -5.54. The molecule has 0 saturated carbocycles. The number of rotatable bonds is 3. The average Bonchev–Trinajstić information content (AvgIpc) is 2.31. The van der Waals surface area contributed by atoms with Gasteiger partial charge >= 0.3 is 12.0 Å². The number of nitrogens with one attached hydrogen (secondary N) is 1. The minimum absolute atomic E-state index is 0.138. The van der Waals surface area contributed by atoms with Gasteiger partial charge in [-0.05, 0) is 12.1 Å². The molecule has 0 bridgehead atoms. The summed E-state index contributed by atoms with van der Waals surface area (Å²) in [5.74, 6) is -6.56. The Balaban J connectivity index is 3.09. The van der Waals surface area contributed by atoms with E-state index in [1.54, 1.807) is 5.32 Å². The Hall–Kier alpha value is -1.05. The van der Waals surface area contributed by atoms with E-state index in [-0.39, 0.29) is 15.7 Å². The first kappa shape index (κ1) is 16.0. The highest BCUT2D eigenvalue weighted by Gasteiger charge is 2.63. The fraction of sp³-hybridized carbons (Fsp3) is 0.300. The van der Waals surface area contributed by atoms with Gasteiger partial charge in [0.1, 0.15) is 0 Å². The Morgan fingerprint density at radius 3 is 2.05 bits per heavy atom. The van der Waals surface area contributed by atoms with Crippen molar-refractivity contribution in [1.29, 1.82) is 0 Å². The van der Waals surface area contributed by atoms with E-state index >= 15 is 0 Å². The Labute approximate surface area is 115 Å². The van der Waals surface area contributed by atoms with Gasteiger partial charge < -0.3 is 10.1 Å². The standard InChI is InChI=1S/C10H7Cl2F4NO2/c1-19-9(13,10(14,15)16)8(18)17-7-5(11)3-2-4-6(7)12/h2-4H,1H3,(H,17,18)/t9-/m1/s1. The third kappa shape index (κ3) is 3.10. The first-order valence-corrected chi connectivity index (χ1v) is 5.45. The van der Waals surface area contributed by atoms with Crippen LogP contribution in [0.3, 0.4) is 0 Å². The van der Waals surface area contributed by atoms with E-state index in [1.807, 2.05) is 0 Å². The number of carbonyl (C=O) groups is 1. The van der Waals surface area contributed by atoms with Crippen molar-refractivity contribution in [2.45, 2.75) is 12.0 Å². The third-order valence-corrected chi connectivity index (χ3v) is 2.77. The van der Waals surface area contributed by atoms with Gasteiger partial charge in [-0.1, -0.05) is 29.3 Å². The zero-order chi connectivity index (χ0) is 14.8. The summed E-state index contributed by atoms with van der Waals surface area (Å²) in [6.45, 7) is 0. The molecular formula is C10H7Cl2F4NO2. The summed E-state index contributed by atoms with van der Waals surface area (Å²) < 4.78 is 54.4. The van der Waals surface area contributed by atoms with Crippen molar-refractivity contribution in [3.8, 4) is 0 Å². The van der Waals surface area contributed by atoms with Crippen LogP contribution in [0.15, 0.2) is 18.2 Å². The van der Waals surface area contributed by atoms with Crippen LogP contribution in [0.1, 0.15) is 0 Å². The minimum atomic E-state index is -5.54. The van der Waals surface area contributed by atoms with E-state index in [9.17, 15) is 22.4 Å². The molecule has 0 unspecified atom stereocenters. The molecule has 0 heterocycles. The summed E-state index contributed by atoms with van der Waals surface area (Å²) in [7, 11) is 0.418. The average molecular weight is 320 g/mol. The maximum absolute atomic E-state index is 13.5. The van der Waals surface area contributed by atoms with Crippen LogP contribution in [0.5, 0.6) is 0 Å². The first-order valence-electron chi connectivity index (χ1n) is 4.69. The van der Waals surface area contributed by atoms with Gasteiger partial charge in [0.05, 0.1) is 15.7 Å². The van der Waals surface area contributed by atoms with Gasteiger partial charge in [0.2, 0.25) is 0 Å². The highest BCUT2D eigenvalue weighted by atomic mass is 35.5. The summed E-state index contributed by atoms with van der Waals surface area (Å²) in [4.78, 5) is 11.4. The third-order valence-electron chi connectivity index (χ3n) is 2.14. The molecule has 0 radical (unpaired) electrons. The lowest BCUT2D eigenvalue weighted by Gasteiger charge is -2.25. The minimum Gasteiger partial charge on any atom is -0.335 e. The number of anilines is 1.